The number of hydrogen-bond acceptors (Lipinski definition) is 5. The summed E-state index contributed by atoms with van der Waals surface area (Å²) in [6.45, 7) is 0. The first-order chi connectivity index (χ1) is 11.7. The van der Waals surface area contributed by atoms with Crippen LogP contribution in [0.3, 0.4) is 0 Å². The summed E-state index contributed by atoms with van der Waals surface area (Å²) in [6.07, 6.45) is -0.789. The molecule has 2 aromatic rings. The molecule has 0 N–H and O–H groups in total. The van der Waals surface area contributed by atoms with Crippen LogP contribution in [0.2, 0.25) is 0 Å². The minimum Gasteiger partial charge on any atom is -0.406 e. The molecule has 9 heteroatoms. The maximum absolute atomic E-state index is 12.2. The topological polar surface area (TPSA) is 64.4 Å². The van der Waals surface area contributed by atoms with Gasteiger partial charge in [-0.25, -0.2) is 4.68 Å². The highest BCUT2D eigenvalue weighted by atomic mass is 19.4. The van der Waals surface area contributed by atoms with E-state index < -0.39 is 17.6 Å². The lowest BCUT2D eigenvalue weighted by Crippen LogP contribution is -2.20. The minimum atomic E-state index is -4.78. The Balaban J connectivity index is 2.30. The van der Waals surface area contributed by atoms with E-state index >= 15 is 0 Å². The molecule has 0 unspecified atom stereocenters. The molecule has 0 radical (unpaired) electrons. The molecule has 0 amide bonds. The van der Waals surface area contributed by atoms with Crippen LogP contribution in [0.25, 0.3) is 5.69 Å². The number of rotatable bonds is 5. The lowest BCUT2D eigenvalue weighted by molar-refractivity contribution is -0.274. The summed E-state index contributed by atoms with van der Waals surface area (Å²) in [6, 6.07) is 6.01. The van der Waals surface area contributed by atoms with Gasteiger partial charge in [-0.05, 0) is 24.3 Å². The van der Waals surface area contributed by atoms with Crippen LogP contribution >= 0.6 is 0 Å². The van der Waals surface area contributed by atoms with E-state index in [9.17, 15) is 22.8 Å². The van der Waals surface area contributed by atoms with Gasteiger partial charge in [0.05, 0.1) is 5.69 Å². The molecule has 0 fully saturated rings. The monoisotopic (exact) mass is 353 g/mol. The number of halogens is 3. The van der Waals surface area contributed by atoms with Crippen molar-refractivity contribution in [2.75, 3.05) is 14.1 Å². The van der Waals surface area contributed by atoms with Crippen LogP contribution in [0.1, 0.15) is 10.5 Å². The molecular weight excluding hydrogens is 339 g/mol. The molecule has 25 heavy (non-hydrogen) atoms. The van der Waals surface area contributed by atoms with Gasteiger partial charge in [0, 0.05) is 38.6 Å². The zero-order valence-corrected chi connectivity index (χ0v) is 13.3. The molecule has 0 saturated heterocycles. The van der Waals surface area contributed by atoms with Crippen LogP contribution in [0.4, 0.5) is 13.2 Å². The van der Waals surface area contributed by atoms with E-state index in [1.54, 1.807) is 19.0 Å². The molecule has 0 atom stereocenters. The zero-order valence-electron chi connectivity index (χ0n) is 13.3. The summed E-state index contributed by atoms with van der Waals surface area (Å²) in [5, 5.41) is 3.95. The van der Waals surface area contributed by atoms with Crippen molar-refractivity contribution in [2.24, 2.45) is 0 Å². The number of ketones is 1. The van der Waals surface area contributed by atoms with Crippen LogP contribution in [0, 0.1) is 0 Å². The average molecular weight is 353 g/mol. The maximum atomic E-state index is 12.2. The number of hydrogen-bond donors (Lipinski definition) is 0. The van der Waals surface area contributed by atoms with Gasteiger partial charge >= 0.3 is 6.36 Å². The third kappa shape index (κ3) is 5.20. The number of aromatic nitrogens is 2. The fourth-order valence-electron chi connectivity index (χ4n) is 1.82. The molecule has 0 aliphatic carbocycles. The molecule has 6 nitrogen and oxygen atoms in total. The molecule has 2 rings (SSSR count). The largest absolute Gasteiger partial charge is 0.573 e. The molecule has 0 aliphatic heterocycles. The first-order valence-corrected chi connectivity index (χ1v) is 7.01. The number of ether oxygens (including phenoxy) is 1. The number of allylic oxidation sites excluding steroid dienone is 1. The minimum absolute atomic E-state index is 0.295. The van der Waals surface area contributed by atoms with E-state index in [1.165, 1.54) is 35.3 Å². The van der Waals surface area contributed by atoms with Crippen LogP contribution in [0.5, 0.6) is 5.75 Å². The van der Waals surface area contributed by atoms with Crippen molar-refractivity contribution in [1.29, 1.82) is 0 Å². The highest BCUT2D eigenvalue weighted by molar-refractivity contribution is 6.02. The summed E-state index contributed by atoms with van der Waals surface area (Å²) < 4.78 is 41.5. The Morgan fingerprint density at radius 3 is 2.40 bits per heavy atom. The van der Waals surface area contributed by atoms with E-state index in [0.717, 1.165) is 18.2 Å². The molecule has 0 spiro atoms. The maximum Gasteiger partial charge on any atom is 0.573 e. The van der Waals surface area contributed by atoms with E-state index in [0.29, 0.717) is 5.69 Å². The lowest BCUT2D eigenvalue weighted by atomic mass is 10.2. The Labute approximate surface area is 140 Å². The van der Waals surface area contributed by atoms with Crippen molar-refractivity contribution in [3.05, 3.63) is 64.7 Å². The van der Waals surface area contributed by atoms with E-state index in [-0.39, 0.29) is 11.4 Å². The quantitative estimate of drug-likeness (QED) is 0.610. The number of carbonyl (C=O) groups is 1. The first-order valence-electron chi connectivity index (χ1n) is 7.01. The van der Waals surface area contributed by atoms with Crippen molar-refractivity contribution < 1.29 is 22.7 Å². The van der Waals surface area contributed by atoms with Gasteiger partial charge in [-0.2, -0.15) is 5.10 Å². The standard InChI is InChI=1S/C16H14F3N3O3/c1-21(2)9-7-13(23)15-14(24)8-10-22(20-15)11-3-5-12(6-4-11)25-16(17,18)19/h3-10H,1-2H3/b9-7+. The molecule has 1 heterocycles. The van der Waals surface area contributed by atoms with Gasteiger partial charge in [0.25, 0.3) is 0 Å². The van der Waals surface area contributed by atoms with Crippen molar-refractivity contribution in [1.82, 2.24) is 14.7 Å². The zero-order chi connectivity index (χ0) is 18.6. The van der Waals surface area contributed by atoms with Crippen LogP contribution < -0.4 is 10.2 Å². The van der Waals surface area contributed by atoms with Crippen molar-refractivity contribution in [2.45, 2.75) is 6.36 Å². The Morgan fingerprint density at radius 1 is 1.20 bits per heavy atom. The molecule has 1 aromatic heterocycles. The van der Waals surface area contributed by atoms with Crippen molar-refractivity contribution >= 4 is 5.78 Å². The number of nitrogens with zero attached hydrogens (tertiary/aromatic N) is 3. The Kier molecular flexibility index (Phi) is 5.26. The van der Waals surface area contributed by atoms with Gasteiger partial charge in [-0.3, -0.25) is 9.59 Å². The molecule has 0 bridgehead atoms. The number of alkyl halides is 3. The molecule has 0 saturated carbocycles. The average Bonchev–Trinajstić information content (AvgIpc) is 2.52. The van der Waals surface area contributed by atoms with Crippen LogP contribution in [-0.2, 0) is 0 Å². The highest BCUT2D eigenvalue weighted by Crippen LogP contribution is 2.23. The Bertz CT molecular complexity index is 840. The second kappa shape index (κ2) is 7.20. The fraction of sp³-hybridized carbons (Fsp3) is 0.188. The van der Waals surface area contributed by atoms with Gasteiger partial charge in [-0.1, -0.05) is 0 Å². The normalized spacial score (nSPS) is 11.6. The van der Waals surface area contributed by atoms with Gasteiger partial charge in [0.15, 0.2) is 5.69 Å². The third-order valence-corrected chi connectivity index (χ3v) is 2.90. The van der Waals surface area contributed by atoms with Gasteiger partial charge in [-0.15, -0.1) is 13.2 Å². The lowest BCUT2D eigenvalue weighted by Gasteiger charge is -2.10. The van der Waals surface area contributed by atoms with Crippen molar-refractivity contribution in [3.8, 4) is 11.4 Å². The first kappa shape index (κ1) is 18.2. The fourth-order valence-corrected chi connectivity index (χ4v) is 1.82. The second-order valence-electron chi connectivity index (χ2n) is 5.16. The molecular formula is C16H14F3N3O3. The summed E-state index contributed by atoms with van der Waals surface area (Å²) in [5.41, 5.74) is -0.488. The molecule has 1 aromatic carbocycles. The van der Waals surface area contributed by atoms with Crippen LogP contribution in [0.15, 0.2) is 53.6 Å². The predicted molar refractivity (Wildman–Crippen MR) is 83.7 cm³/mol. The Hall–Kier alpha value is -3.10. The van der Waals surface area contributed by atoms with Gasteiger partial charge in [0.2, 0.25) is 11.2 Å². The van der Waals surface area contributed by atoms with Crippen molar-refractivity contribution in [3.63, 3.8) is 0 Å². The summed E-state index contributed by atoms with van der Waals surface area (Å²) in [5.74, 6) is -0.965. The van der Waals surface area contributed by atoms with E-state index in [1.807, 2.05) is 0 Å². The number of benzene rings is 1. The molecule has 0 aliphatic rings. The molecule has 132 valence electrons. The smallest absolute Gasteiger partial charge is 0.406 e. The van der Waals surface area contributed by atoms with Crippen LogP contribution in [-0.4, -0.2) is 40.9 Å². The summed E-state index contributed by atoms with van der Waals surface area (Å²) in [4.78, 5) is 25.5. The number of carbonyl (C=O) groups excluding carboxylic acids is 1. The summed E-state index contributed by atoms with van der Waals surface area (Å²) in [7, 11) is 3.43. The van der Waals surface area contributed by atoms with Gasteiger partial charge < -0.3 is 9.64 Å². The summed E-state index contributed by atoms with van der Waals surface area (Å²) >= 11 is 0. The van der Waals surface area contributed by atoms with Gasteiger partial charge in [0.1, 0.15) is 5.75 Å². The predicted octanol–water partition coefficient (Wildman–Crippen LogP) is 2.39. The Morgan fingerprint density at radius 2 is 1.84 bits per heavy atom. The third-order valence-electron chi connectivity index (χ3n) is 2.90. The highest BCUT2D eigenvalue weighted by Gasteiger charge is 2.30. The second-order valence-corrected chi connectivity index (χ2v) is 5.16. The van der Waals surface area contributed by atoms with E-state index in [2.05, 4.69) is 9.84 Å². The van der Waals surface area contributed by atoms with E-state index in [4.69, 9.17) is 0 Å². The SMILES string of the molecule is CN(C)/C=C/C(=O)c1nn(-c2ccc(OC(F)(F)F)cc2)ccc1=O.